The zero-order chi connectivity index (χ0) is 53.6. The largest absolute Gasteiger partial charge is 0.457 e. The monoisotopic (exact) mass is 1020 g/mol. The van der Waals surface area contributed by atoms with E-state index in [1.807, 2.05) is 0 Å². The summed E-state index contributed by atoms with van der Waals surface area (Å²) >= 11 is 0. The molecule has 2 aromatic heterocycles. The molecular weight excluding hydrogens is 961 g/mol. The highest BCUT2D eigenvalue weighted by molar-refractivity contribution is 5.88. The highest BCUT2D eigenvalue weighted by Crippen LogP contribution is 2.42. The maximum atomic E-state index is 6.92. The predicted octanol–water partition coefficient (Wildman–Crippen LogP) is 17.4. The smallest absolute Gasteiger partial charge is 0.255 e. The fraction of sp³-hybridized carbons (Fsp3) is 0.162. The van der Waals surface area contributed by atoms with Gasteiger partial charge in [-0.25, -0.2) is 0 Å². The van der Waals surface area contributed by atoms with E-state index in [0.29, 0.717) is 0 Å². The quantitative estimate of drug-likeness (QED) is 0.139. The van der Waals surface area contributed by atoms with Gasteiger partial charge in [-0.1, -0.05) is 175 Å². The van der Waals surface area contributed by atoms with Gasteiger partial charge in [0.2, 0.25) is 0 Å². The summed E-state index contributed by atoms with van der Waals surface area (Å²) in [5, 5.41) is 0. The van der Waals surface area contributed by atoms with Crippen LogP contribution < -0.4 is 13.9 Å². The zero-order valence-corrected chi connectivity index (χ0v) is 46.0. The molecule has 79 heavy (non-hydrogen) atoms. The second-order valence-corrected chi connectivity index (χ2v) is 23.9. The van der Waals surface area contributed by atoms with Crippen LogP contribution >= 0.6 is 0 Å². The van der Waals surface area contributed by atoms with Crippen LogP contribution in [0.5, 0.6) is 11.5 Å². The number of imidazole rings is 2. The highest BCUT2D eigenvalue weighted by Gasteiger charge is 2.31. The normalized spacial score (nSPS) is 13.1. The van der Waals surface area contributed by atoms with Crippen molar-refractivity contribution in [2.24, 2.45) is 0 Å². The summed E-state index contributed by atoms with van der Waals surface area (Å²) in [6, 6.07) is 82.0. The summed E-state index contributed by atoms with van der Waals surface area (Å²) in [6.07, 6.45) is 8.28. The third-order valence-electron chi connectivity index (χ3n) is 16.6. The lowest BCUT2D eigenvalue weighted by Gasteiger charge is -2.24. The molecule has 0 saturated carbocycles. The van der Waals surface area contributed by atoms with E-state index >= 15 is 0 Å². The summed E-state index contributed by atoms with van der Waals surface area (Å²) in [5.41, 5.74) is 25.9. The number of aromatic nitrogens is 4. The van der Waals surface area contributed by atoms with Gasteiger partial charge in [0, 0.05) is 34.4 Å². The van der Waals surface area contributed by atoms with Crippen molar-refractivity contribution >= 4 is 22.1 Å². The maximum Gasteiger partial charge on any atom is 0.255 e. The molecule has 10 aromatic carbocycles. The second kappa shape index (κ2) is 18.8. The van der Waals surface area contributed by atoms with Crippen LogP contribution in [-0.4, -0.2) is 9.13 Å². The highest BCUT2D eigenvalue weighted by atomic mass is 16.5. The molecule has 0 spiro atoms. The average Bonchev–Trinajstić information content (AvgIpc) is 3.80. The molecule has 25 rings (SSSR count). The molecule has 8 heterocycles. The Hall–Kier alpha value is -9.06. The van der Waals surface area contributed by atoms with Crippen LogP contribution in [0.3, 0.4) is 0 Å². The van der Waals surface area contributed by atoms with Crippen molar-refractivity contribution in [3.05, 3.63) is 264 Å². The van der Waals surface area contributed by atoms with Gasteiger partial charge < -0.3 is 4.74 Å². The number of benzene rings is 10. The van der Waals surface area contributed by atoms with Crippen molar-refractivity contribution in [3.63, 3.8) is 0 Å². The fourth-order valence-electron chi connectivity index (χ4n) is 12.0. The molecule has 13 aliphatic rings. The molecule has 22 bridgehead atoms. The first-order valence-electron chi connectivity index (χ1n) is 28.0. The van der Waals surface area contributed by atoms with Crippen molar-refractivity contribution < 1.29 is 13.9 Å². The number of fused-ring (bicyclic) bond motifs is 2. The second-order valence-electron chi connectivity index (χ2n) is 23.9. The van der Waals surface area contributed by atoms with Crippen LogP contribution in [0.1, 0.15) is 74.9 Å². The number of nitrogens with zero attached hydrogens (tertiary/aromatic N) is 4. The van der Waals surface area contributed by atoms with E-state index in [-0.39, 0.29) is 10.8 Å². The van der Waals surface area contributed by atoms with Gasteiger partial charge in [0.15, 0.2) is 22.1 Å². The van der Waals surface area contributed by atoms with Gasteiger partial charge in [0.25, 0.3) is 12.7 Å². The predicted molar refractivity (Wildman–Crippen MR) is 324 cm³/mol. The van der Waals surface area contributed by atoms with Crippen molar-refractivity contribution in [2.75, 3.05) is 0 Å². The van der Waals surface area contributed by atoms with Crippen LogP contribution in [-0.2, 0) is 36.5 Å². The minimum Gasteiger partial charge on any atom is -0.457 e. The number of aryl methyl sites for hydroxylation is 4. The van der Waals surface area contributed by atoms with E-state index in [1.54, 1.807) is 0 Å². The average molecular weight is 1030 g/mol. The van der Waals surface area contributed by atoms with Crippen LogP contribution in [0.4, 0.5) is 0 Å². The number of hydrogen-bond donors (Lipinski definition) is 0. The number of para-hydroxylation sites is 4. The van der Waals surface area contributed by atoms with E-state index in [0.717, 1.165) is 82.0 Å². The minimum absolute atomic E-state index is 0.111. The first-order chi connectivity index (χ1) is 38.4. The Labute approximate surface area is 463 Å². The van der Waals surface area contributed by atoms with E-state index in [4.69, 9.17) is 4.74 Å². The van der Waals surface area contributed by atoms with Gasteiger partial charge >= 0.3 is 0 Å². The molecule has 0 N–H and O–H groups in total. The molecule has 0 fully saturated rings. The third-order valence-corrected chi connectivity index (χ3v) is 16.6. The van der Waals surface area contributed by atoms with E-state index in [2.05, 4.69) is 291 Å². The first kappa shape index (κ1) is 48.3. The van der Waals surface area contributed by atoms with Gasteiger partial charge in [0.1, 0.15) is 34.2 Å². The van der Waals surface area contributed by atoms with Gasteiger partial charge in [-0.15, -0.1) is 0 Å². The summed E-state index contributed by atoms with van der Waals surface area (Å²) < 4.78 is 16.4. The summed E-state index contributed by atoms with van der Waals surface area (Å²) in [4.78, 5) is 0. The maximum absolute atomic E-state index is 6.92. The fourth-order valence-corrected chi connectivity index (χ4v) is 12.0. The Morgan fingerprint density at radius 1 is 0.342 bits per heavy atom. The van der Waals surface area contributed by atoms with Crippen molar-refractivity contribution in [3.8, 4) is 78.8 Å². The SMILES string of the molecule is CC(C)(C)c1cc2c3c(c1)-c1ccc(cc1)CCc1ccc(cc1)-c1cc(C(C)(C)C)cc(c1-[n+]1cn(c4ccccc41)-c1cccc(c1)Oc1cccc(c1)-n1c[n+]-3c3ccccc31)-c1ccc(cc1)CCc1ccc-2cc1. The summed E-state index contributed by atoms with van der Waals surface area (Å²) in [6.45, 7) is 14.0. The lowest BCUT2D eigenvalue weighted by molar-refractivity contribution is -0.566. The number of rotatable bonds is 0. The Bertz CT molecular complexity index is 3900. The Balaban J connectivity index is 1.07. The van der Waals surface area contributed by atoms with Crippen molar-refractivity contribution in [1.29, 1.82) is 0 Å². The van der Waals surface area contributed by atoms with Gasteiger partial charge in [-0.2, -0.15) is 18.3 Å². The summed E-state index contributed by atoms with van der Waals surface area (Å²) in [5.74, 6) is 1.50. The molecule has 5 nitrogen and oxygen atoms in total. The standard InChI is InChI=1S/C74H64N4O/c1-73(2,3)57-41-63-53-33-25-49(26-34-53)21-23-51-29-37-55(38-30-51)65-43-58(74(4,5)6)44-66-56-39-31-52(32-40-56)24-22-50-27-35-54(36-28-50)64(42-57)71(63)77-47-75(67-17-7-9-19-69(67)77)59-13-11-15-61(45-59)79-62-16-12-14-60(46-62)76-48-78(72(65)66)70-20-10-8-18-68(70)76/h7-20,25-48H,21-24H2,1-6H3/q+2. The Morgan fingerprint density at radius 2 is 0.658 bits per heavy atom. The van der Waals surface area contributed by atoms with Gasteiger partial charge in [-0.3, -0.25) is 0 Å². The molecule has 0 unspecified atom stereocenters. The number of ether oxygens (including phenoxy) is 1. The van der Waals surface area contributed by atoms with Crippen molar-refractivity contribution in [2.45, 2.75) is 78.1 Å². The van der Waals surface area contributed by atoms with Crippen molar-refractivity contribution in [1.82, 2.24) is 9.13 Å². The molecule has 0 radical (unpaired) electrons. The van der Waals surface area contributed by atoms with Gasteiger partial charge in [0.05, 0.1) is 0 Å². The van der Waals surface area contributed by atoms with Gasteiger partial charge in [-0.05, 0) is 165 Å². The van der Waals surface area contributed by atoms with E-state index < -0.39 is 0 Å². The molecule has 6 aliphatic heterocycles. The molecule has 0 saturated heterocycles. The molecule has 0 atom stereocenters. The topological polar surface area (TPSA) is 26.8 Å². The molecule has 7 aliphatic carbocycles. The van der Waals surface area contributed by atoms with Crippen LogP contribution in [0, 0.1) is 0 Å². The molecule has 5 heteroatoms. The Morgan fingerprint density at radius 3 is 0.975 bits per heavy atom. The lowest BCUT2D eigenvalue weighted by Crippen LogP contribution is -2.31. The minimum atomic E-state index is -0.111. The molecule has 0 amide bonds. The van der Waals surface area contributed by atoms with Crippen LogP contribution in [0.25, 0.3) is 89.3 Å². The molecule has 384 valence electrons. The lowest BCUT2D eigenvalue weighted by atomic mass is 9.82. The molecule has 12 aromatic rings. The Kier molecular flexibility index (Phi) is 11.5. The van der Waals surface area contributed by atoms with Crippen LogP contribution in [0.15, 0.2) is 231 Å². The first-order valence-corrected chi connectivity index (χ1v) is 28.0. The van der Waals surface area contributed by atoms with Crippen LogP contribution in [0.2, 0.25) is 0 Å². The van der Waals surface area contributed by atoms with E-state index in [9.17, 15) is 0 Å². The van der Waals surface area contributed by atoms with E-state index in [1.165, 1.54) is 77.9 Å². The summed E-state index contributed by atoms with van der Waals surface area (Å²) in [7, 11) is 0. The molecular formula is C74H64N4O+2. The number of hydrogen-bond acceptors (Lipinski definition) is 1. The third kappa shape index (κ3) is 8.84. The zero-order valence-electron chi connectivity index (χ0n) is 46.0.